The average molecular weight is 290 g/mol. The number of carbonyl (C=O) groups excluding carboxylic acids is 2. The van der Waals surface area contributed by atoms with Gasteiger partial charge in [0.15, 0.2) is 0 Å². The molecule has 0 spiro atoms. The standard InChI is InChI=1S/C15H22N4O2/c1-11-4-3-5-12(8-11)18-14(20)10-19-7-6-17-9-13(19)15(21)16-2/h3-5,8,13,17H,6-7,9-10H2,1-2H3,(H,16,21)(H,18,20). The minimum absolute atomic E-state index is 0.0643. The highest BCUT2D eigenvalue weighted by Crippen LogP contribution is 2.10. The summed E-state index contributed by atoms with van der Waals surface area (Å²) in [6.45, 7) is 4.23. The zero-order valence-corrected chi connectivity index (χ0v) is 12.5. The van der Waals surface area contributed by atoms with Crippen LogP contribution in [0.5, 0.6) is 0 Å². The average Bonchev–Trinajstić information content (AvgIpc) is 2.47. The van der Waals surface area contributed by atoms with Crippen LogP contribution in [0.25, 0.3) is 0 Å². The van der Waals surface area contributed by atoms with E-state index >= 15 is 0 Å². The third-order valence-corrected chi connectivity index (χ3v) is 3.55. The van der Waals surface area contributed by atoms with Gasteiger partial charge < -0.3 is 16.0 Å². The Morgan fingerprint density at radius 3 is 2.95 bits per heavy atom. The first-order chi connectivity index (χ1) is 10.1. The van der Waals surface area contributed by atoms with Crippen molar-refractivity contribution in [2.45, 2.75) is 13.0 Å². The van der Waals surface area contributed by atoms with Crippen LogP contribution in [-0.4, -0.2) is 56.0 Å². The second-order valence-corrected chi connectivity index (χ2v) is 5.22. The smallest absolute Gasteiger partial charge is 0.238 e. The van der Waals surface area contributed by atoms with E-state index in [0.29, 0.717) is 13.1 Å². The van der Waals surface area contributed by atoms with Gasteiger partial charge in [-0.15, -0.1) is 0 Å². The van der Waals surface area contributed by atoms with E-state index in [1.165, 1.54) is 0 Å². The highest BCUT2D eigenvalue weighted by molar-refractivity contribution is 5.93. The molecule has 1 aliphatic rings. The van der Waals surface area contributed by atoms with Crippen molar-refractivity contribution in [3.05, 3.63) is 29.8 Å². The van der Waals surface area contributed by atoms with Gasteiger partial charge in [-0.25, -0.2) is 0 Å². The zero-order chi connectivity index (χ0) is 15.2. The number of benzene rings is 1. The lowest BCUT2D eigenvalue weighted by atomic mass is 10.1. The highest BCUT2D eigenvalue weighted by Gasteiger charge is 2.29. The Hall–Kier alpha value is -1.92. The number of hydrogen-bond donors (Lipinski definition) is 3. The number of hydrogen-bond acceptors (Lipinski definition) is 4. The lowest BCUT2D eigenvalue weighted by Gasteiger charge is -2.34. The first-order valence-corrected chi connectivity index (χ1v) is 7.13. The quantitative estimate of drug-likeness (QED) is 0.727. The van der Waals surface area contributed by atoms with Gasteiger partial charge in [0, 0.05) is 32.4 Å². The van der Waals surface area contributed by atoms with Crippen LogP contribution < -0.4 is 16.0 Å². The molecule has 0 aliphatic carbocycles. The largest absolute Gasteiger partial charge is 0.358 e. The van der Waals surface area contributed by atoms with Gasteiger partial charge in [0.2, 0.25) is 11.8 Å². The number of piperazine rings is 1. The fraction of sp³-hybridized carbons (Fsp3) is 0.467. The summed E-state index contributed by atoms with van der Waals surface area (Å²) in [4.78, 5) is 25.9. The summed E-state index contributed by atoms with van der Waals surface area (Å²) >= 11 is 0. The van der Waals surface area contributed by atoms with E-state index in [0.717, 1.165) is 17.8 Å². The van der Waals surface area contributed by atoms with Gasteiger partial charge in [-0.05, 0) is 24.6 Å². The Morgan fingerprint density at radius 1 is 1.43 bits per heavy atom. The molecule has 0 radical (unpaired) electrons. The van der Waals surface area contributed by atoms with Crippen LogP contribution in [0.1, 0.15) is 5.56 Å². The number of nitrogens with one attached hydrogen (secondary N) is 3. The molecule has 2 rings (SSSR count). The van der Waals surface area contributed by atoms with Crippen molar-refractivity contribution in [3.63, 3.8) is 0 Å². The first-order valence-electron chi connectivity index (χ1n) is 7.13. The van der Waals surface area contributed by atoms with E-state index in [9.17, 15) is 9.59 Å². The maximum Gasteiger partial charge on any atom is 0.238 e. The maximum atomic E-state index is 12.1. The van der Waals surface area contributed by atoms with E-state index < -0.39 is 0 Å². The van der Waals surface area contributed by atoms with Crippen LogP contribution in [0, 0.1) is 6.92 Å². The molecular weight excluding hydrogens is 268 g/mol. The van der Waals surface area contributed by atoms with Crippen LogP contribution in [-0.2, 0) is 9.59 Å². The van der Waals surface area contributed by atoms with Crippen molar-refractivity contribution in [2.24, 2.45) is 0 Å². The molecule has 1 aliphatic heterocycles. The van der Waals surface area contributed by atoms with Gasteiger partial charge >= 0.3 is 0 Å². The van der Waals surface area contributed by atoms with Gasteiger partial charge in [0.25, 0.3) is 0 Å². The predicted octanol–water partition coefficient (Wildman–Crippen LogP) is -0.0467. The molecule has 0 aromatic heterocycles. The van der Waals surface area contributed by atoms with Crippen molar-refractivity contribution in [1.82, 2.24) is 15.5 Å². The highest BCUT2D eigenvalue weighted by atomic mass is 16.2. The van der Waals surface area contributed by atoms with Crippen molar-refractivity contribution >= 4 is 17.5 Å². The molecule has 2 amide bonds. The lowest BCUT2D eigenvalue weighted by Crippen LogP contribution is -2.58. The number of carbonyl (C=O) groups is 2. The Kier molecular flexibility index (Phi) is 5.30. The van der Waals surface area contributed by atoms with Gasteiger partial charge in [-0.1, -0.05) is 12.1 Å². The van der Waals surface area contributed by atoms with Crippen molar-refractivity contribution < 1.29 is 9.59 Å². The van der Waals surface area contributed by atoms with E-state index in [-0.39, 0.29) is 24.4 Å². The van der Waals surface area contributed by atoms with Crippen molar-refractivity contribution in [2.75, 3.05) is 38.5 Å². The van der Waals surface area contributed by atoms with Crippen LogP contribution in [0.3, 0.4) is 0 Å². The first kappa shape index (κ1) is 15.5. The monoisotopic (exact) mass is 290 g/mol. The molecule has 0 saturated carbocycles. The van der Waals surface area contributed by atoms with E-state index in [1.54, 1.807) is 7.05 Å². The number of aryl methyl sites for hydroxylation is 1. The van der Waals surface area contributed by atoms with Crippen LogP contribution in [0.15, 0.2) is 24.3 Å². The second-order valence-electron chi connectivity index (χ2n) is 5.22. The molecule has 6 heteroatoms. The van der Waals surface area contributed by atoms with Crippen LogP contribution in [0.4, 0.5) is 5.69 Å². The van der Waals surface area contributed by atoms with Gasteiger partial charge in [0.1, 0.15) is 6.04 Å². The van der Waals surface area contributed by atoms with Gasteiger partial charge in [-0.3, -0.25) is 14.5 Å². The van der Waals surface area contributed by atoms with Crippen LogP contribution >= 0.6 is 0 Å². The molecule has 114 valence electrons. The molecule has 6 nitrogen and oxygen atoms in total. The van der Waals surface area contributed by atoms with Gasteiger partial charge in [-0.2, -0.15) is 0 Å². The summed E-state index contributed by atoms with van der Waals surface area (Å²) in [5.74, 6) is -0.165. The lowest BCUT2D eigenvalue weighted by molar-refractivity contribution is -0.128. The van der Waals surface area contributed by atoms with Crippen molar-refractivity contribution in [1.29, 1.82) is 0 Å². The molecule has 1 aromatic rings. The molecule has 1 fully saturated rings. The molecule has 21 heavy (non-hydrogen) atoms. The summed E-state index contributed by atoms with van der Waals surface area (Å²) in [7, 11) is 1.61. The number of amides is 2. The Morgan fingerprint density at radius 2 is 2.24 bits per heavy atom. The van der Waals surface area contributed by atoms with E-state index in [1.807, 2.05) is 36.1 Å². The molecule has 1 saturated heterocycles. The molecule has 1 atom stereocenters. The Balaban J connectivity index is 1.95. The Labute approximate surface area is 124 Å². The van der Waals surface area contributed by atoms with E-state index in [2.05, 4.69) is 16.0 Å². The molecule has 1 heterocycles. The Bertz CT molecular complexity index is 518. The minimum Gasteiger partial charge on any atom is -0.358 e. The molecule has 1 unspecified atom stereocenters. The number of nitrogens with zero attached hydrogens (tertiary/aromatic N) is 1. The molecule has 0 bridgehead atoms. The summed E-state index contributed by atoms with van der Waals surface area (Å²) in [6, 6.07) is 7.37. The topological polar surface area (TPSA) is 73.5 Å². The molecular formula is C15H22N4O2. The zero-order valence-electron chi connectivity index (χ0n) is 12.5. The fourth-order valence-corrected chi connectivity index (χ4v) is 2.47. The summed E-state index contributed by atoms with van der Waals surface area (Å²) in [5.41, 5.74) is 1.88. The number of rotatable bonds is 4. The van der Waals surface area contributed by atoms with Gasteiger partial charge in [0.05, 0.1) is 6.54 Å². The molecule has 1 aromatic carbocycles. The third-order valence-electron chi connectivity index (χ3n) is 3.55. The molecule has 3 N–H and O–H groups in total. The maximum absolute atomic E-state index is 12.1. The number of anilines is 1. The van der Waals surface area contributed by atoms with E-state index in [4.69, 9.17) is 0 Å². The minimum atomic E-state index is -0.299. The van der Waals surface area contributed by atoms with Crippen LogP contribution in [0.2, 0.25) is 0 Å². The fourth-order valence-electron chi connectivity index (χ4n) is 2.47. The normalized spacial score (nSPS) is 19.0. The second kappa shape index (κ2) is 7.19. The summed E-state index contributed by atoms with van der Waals surface area (Å²) in [5, 5.41) is 8.69. The summed E-state index contributed by atoms with van der Waals surface area (Å²) < 4.78 is 0. The number of likely N-dealkylation sites (N-methyl/N-ethyl adjacent to an activating group) is 1. The summed E-state index contributed by atoms with van der Waals surface area (Å²) in [6.07, 6.45) is 0. The van der Waals surface area contributed by atoms with Crippen molar-refractivity contribution in [3.8, 4) is 0 Å². The third kappa shape index (κ3) is 4.27. The predicted molar refractivity (Wildman–Crippen MR) is 82.1 cm³/mol. The SMILES string of the molecule is CNC(=O)C1CNCCN1CC(=O)Nc1cccc(C)c1.